The van der Waals surface area contributed by atoms with E-state index in [0.717, 1.165) is 10.8 Å². The van der Waals surface area contributed by atoms with E-state index in [1.807, 2.05) is 24.3 Å². The van der Waals surface area contributed by atoms with Gasteiger partial charge in [0.15, 0.2) is 5.75 Å². The van der Waals surface area contributed by atoms with E-state index < -0.39 is 0 Å². The Bertz CT molecular complexity index is 491. The van der Waals surface area contributed by atoms with Crippen LogP contribution in [0.3, 0.4) is 0 Å². The first-order valence-electron chi connectivity index (χ1n) is 4.58. The Hall–Kier alpha value is -1.90. The smallest absolute Gasteiger partial charge is 0.224 e. The fraction of sp³-hybridized carbons (Fsp3) is 0.167. The normalized spacial score (nSPS) is 10.3. The average molecular weight is 203 g/mol. The molecule has 0 unspecified atom stereocenters. The van der Waals surface area contributed by atoms with Gasteiger partial charge in [-0.05, 0) is 0 Å². The topological polar surface area (TPSA) is 38.4 Å². The highest BCUT2D eigenvalue weighted by atomic mass is 16.5. The van der Waals surface area contributed by atoms with Crippen LogP contribution in [0, 0.1) is 0 Å². The number of benzene rings is 2. The lowest BCUT2D eigenvalue weighted by Crippen LogP contribution is -1.89. The number of methoxy groups -OCH3 is 2. The van der Waals surface area contributed by atoms with Gasteiger partial charge in [-0.3, -0.25) is 5.11 Å². The van der Waals surface area contributed by atoms with Crippen molar-refractivity contribution in [3.05, 3.63) is 30.3 Å². The van der Waals surface area contributed by atoms with E-state index >= 15 is 0 Å². The van der Waals surface area contributed by atoms with Gasteiger partial charge in [-0.1, -0.05) is 24.3 Å². The second-order valence-electron chi connectivity index (χ2n) is 3.16. The molecule has 0 fully saturated rings. The van der Waals surface area contributed by atoms with E-state index in [9.17, 15) is 5.11 Å². The molecule has 2 rings (SSSR count). The molecule has 3 nitrogen and oxygen atoms in total. The van der Waals surface area contributed by atoms with Crippen LogP contribution in [0.5, 0.6) is 17.2 Å². The Morgan fingerprint density at radius 3 is 2.27 bits per heavy atom. The third-order valence-electron chi connectivity index (χ3n) is 2.35. The van der Waals surface area contributed by atoms with Crippen LogP contribution >= 0.6 is 0 Å². The zero-order chi connectivity index (χ0) is 10.8. The maximum atomic E-state index is 11.6. The second-order valence-corrected chi connectivity index (χ2v) is 3.16. The van der Waals surface area contributed by atoms with Crippen LogP contribution in [-0.4, -0.2) is 14.2 Å². The van der Waals surface area contributed by atoms with Gasteiger partial charge in [0, 0.05) is 16.8 Å². The standard InChI is InChI=1S/C12H11O3/c1-14-11-7-10(13)12(15-2)9-6-4-3-5-8(9)11/h3-7H,1-2H3. The Balaban J connectivity index is 2.86. The summed E-state index contributed by atoms with van der Waals surface area (Å²) in [7, 11) is 3.04. The molecule has 0 N–H and O–H groups in total. The zero-order valence-electron chi connectivity index (χ0n) is 8.61. The van der Waals surface area contributed by atoms with E-state index in [1.165, 1.54) is 13.2 Å². The van der Waals surface area contributed by atoms with Crippen LogP contribution in [-0.2, 0) is 5.11 Å². The molecular formula is C12H11O3. The first-order chi connectivity index (χ1) is 7.27. The highest BCUT2D eigenvalue weighted by Gasteiger charge is 2.13. The molecule has 2 aromatic carbocycles. The SMILES string of the molecule is COc1cc([O])c(OC)c2ccccc12. The molecule has 0 spiro atoms. The molecule has 0 amide bonds. The van der Waals surface area contributed by atoms with Gasteiger partial charge in [0.1, 0.15) is 5.75 Å². The molecule has 0 saturated heterocycles. The minimum Gasteiger partial charge on any atom is -0.496 e. The molecular weight excluding hydrogens is 192 g/mol. The van der Waals surface area contributed by atoms with Crippen molar-refractivity contribution in [1.82, 2.24) is 0 Å². The third-order valence-corrected chi connectivity index (χ3v) is 2.35. The summed E-state index contributed by atoms with van der Waals surface area (Å²) in [5, 5.41) is 13.3. The summed E-state index contributed by atoms with van der Waals surface area (Å²) in [5.74, 6) is 0.788. The van der Waals surface area contributed by atoms with Crippen molar-refractivity contribution in [3.8, 4) is 17.2 Å². The van der Waals surface area contributed by atoms with Gasteiger partial charge in [-0.15, -0.1) is 0 Å². The summed E-state index contributed by atoms with van der Waals surface area (Å²) in [6.07, 6.45) is 0. The number of rotatable bonds is 2. The van der Waals surface area contributed by atoms with Gasteiger partial charge in [0.2, 0.25) is 5.75 Å². The lowest BCUT2D eigenvalue weighted by atomic mass is 10.1. The molecule has 77 valence electrons. The highest BCUT2D eigenvalue weighted by Crippen LogP contribution is 2.40. The van der Waals surface area contributed by atoms with Gasteiger partial charge in [0.25, 0.3) is 0 Å². The van der Waals surface area contributed by atoms with Crippen LogP contribution in [0.4, 0.5) is 0 Å². The molecule has 0 atom stereocenters. The van der Waals surface area contributed by atoms with Crippen molar-refractivity contribution in [2.24, 2.45) is 0 Å². The summed E-state index contributed by atoms with van der Waals surface area (Å²) in [6.45, 7) is 0. The van der Waals surface area contributed by atoms with E-state index in [1.54, 1.807) is 7.11 Å². The molecule has 0 aliphatic carbocycles. The molecule has 0 aromatic heterocycles. The summed E-state index contributed by atoms with van der Waals surface area (Å²) in [6, 6.07) is 8.95. The maximum Gasteiger partial charge on any atom is 0.224 e. The van der Waals surface area contributed by atoms with Crippen molar-refractivity contribution in [2.75, 3.05) is 14.2 Å². The molecule has 0 aliphatic rings. The Morgan fingerprint density at radius 2 is 1.67 bits per heavy atom. The molecule has 15 heavy (non-hydrogen) atoms. The number of hydrogen-bond acceptors (Lipinski definition) is 2. The van der Waals surface area contributed by atoms with Crippen LogP contribution in [0.15, 0.2) is 30.3 Å². The van der Waals surface area contributed by atoms with E-state index in [2.05, 4.69) is 0 Å². The van der Waals surface area contributed by atoms with Crippen molar-refractivity contribution in [3.63, 3.8) is 0 Å². The first-order valence-corrected chi connectivity index (χ1v) is 4.58. The maximum absolute atomic E-state index is 11.6. The van der Waals surface area contributed by atoms with Crippen molar-refractivity contribution >= 4 is 10.8 Å². The zero-order valence-corrected chi connectivity index (χ0v) is 8.61. The molecule has 0 aliphatic heterocycles. The minimum absolute atomic E-state index is 0.159. The summed E-state index contributed by atoms with van der Waals surface area (Å²) < 4.78 is 10.2. The molecule has 1 radical (unpaired) electrons. The summed E-state index contributed by atoms with van der Waals surface area (Å²) in [5.41, 5.74) is 0. The Labute approximate surface area is 87.9 Å². The number of hydrogen-bond donors (Lipinski definition) is 0. The van der Waals surface area contributed by atoms with Crippen LogP contribution in [0.1, 0.15) is 0 Å². The predicted octanol–water partition coefficient (Wildman–Crippen LogP) is 3.00. The fourth-order valence-corrected chi connectivity index (χ4v) is 1.67. The molecule has 0 heterocycles. The molecule has 3 heteroatoms. The van der Waals surface area contributed by atoms with Crippen molar-refractivity contribution < 1.29 is 14.6 Å². The minimum atomic E-state index is -0.159. The predicted molar refractivity (Wildman–Crippen MR) is 57.2 cm³/mol. The van der Waals surface area contributed by atoms with Crippen LogP contribution in [0.25, 0.3) is 10.8 Å². The molecule has 0 bridgehead atoms. The van der Waals surface area contributed by atoms with Gasteiger partial charge >= 0.3 is 0 Å². The lowest BCUT2D eigenvalue weighted by molar-refractivity contribution is 0.314. The van der Waals surface area contributed by atoms with E-state index in [0.29, 0.717) is 11.5 Å². The Morgan fingerprint density at radius 1 is 1.00 bits per heavy atom. The van der Waals surface area contributed by atoms with Crippen LogP contribution in [0.2, 0.25) is 0 Å². The molecule has 0 saturated carbocycles. The third kappa shape index (κ3) is 1.46. The molecule has 2 aromatic rings. The summed E-state index contributed by atoms with van der Waals surface area (Å²) in [4.78, 5) is 0. The van der Waals surface area contributed by atoms with E-state index in [4.69, 9.17) is 9.47 Å². The number of ether oxygens (including phenoxy) is 2. The average Bonchev–Trinajstić information content (AvgIpc) is 2.28. The fourth-order valence-electron chi connectivity index (χ4n) is 1.67. The highest BCUT2D eigenvalue weighted by molar-refractivity contribution is 5.95. The van der Waals surface area contributed by atoms with E-state index in [-0.39, 0.29) is 5.75 Å². The van der Waals surface area contributed by atoms with Gasteiger partial charge in [0.05, 0.1) is 14.2 Å². The first kappa shape index (κ1) is 9.65. The number of fused-ring (bicyclic) bond motifs is 1. The van der Waals surface area contributed by atoms with Gasteiger partial charge < -0.3 is 9.47 Å². The monoisotopic (exact) mass is 203 g/mol. The summed E-state index contributed by atoms with van der Waals surface area (Å²) >= 11 is 0. The van der Waals surface area contributed by atoms with Gasteiger partial charge in [-0.25, -0.2) is 0 Å². The quantitative estimate of drug-likeness (QED) is 0.752. The van der Waals surface area contributed by atoms with Crippen molar-refractivity contribution in [1.29, 1.82) is 0 Å². The second kappa shape index (κ2) is 3.69. The largest absolute Gasteiger partial charge is 0.496 e. The van der Waals surface area contributed by atoms with Crippen LogP contribution < -0.4 is 9.47 Å². The Kier molecular flexibility index (Phi) is 2.37. The lowest BCUT2D eigenvalue weighted by Gasteiger charge is -2.09. The van der Waals surface area contributed by atoms with Crippen molar-refractivity contribution in [2.45, 2.75) is 0 Å². The van der Waals surface area contributed by atoms with Gasteiger partial charge in [-0.2, -0.15) is 0 Å².